The molecule has 0 saturated carbocycles. The first-order valence-corrected chi connectivity index (χ1v) is 7.21. The third-order valence-electron chi connectivity index (χ3n) is 3.04. The predicted octanol–water partition coefficient (Wildman–Crippen LogP) is 2.06. The Morgan fingerprint density at radius 1 is 1.00 bits per heavy atom. The maximum Gasteiger partial charge on any atom is 0.286 e. The van der Waals surface area contributed by atoms with Gasteiger partial charge in [-0.3, -0.25) is 25.2 Å². The van der Waals surface area contributed by atoms with E-state index < -0.39 is 11.8 Å². The van der Waals surface area contributed by atoms with E-state index in [2.05, 4.69) is 26.8 Å². The van der Waals surface area contributed by atoms with Gasteiger partial charge in [0.1, 0.15) is 5.69 Å². The van der Waals surface area contributed by atoms with E-state index in [4.69, 9.17) is 0 Å². The monoisotopic (exact) mass is 363 g/mol. The number of nitrogens with one attached hydrogen (secondary N) is 2. The number of halogens is 1. The molecule has 2 rings (SSSR count). The van der Waals surface area contributed by atoms with Gasteiger partial charge in [0.2, 0.25) is 0 Å². The van der Waals surface area contributed by atoms with Crippen LogP contribution in [0.15, 0.2) is 41.0 Å². The molecular formula is C15H14BrN3O3. The van der Waals surface area contributed by atoms with Crippen LogP contribution in [0.2, 0.25) is 0 Å². The summed E-state index contributed by atoms with van der Waals surface area (Å²) in [6.07, 6.45) is 1.56. The number of hydrogen-bond acceptors (Lipinski definition) is 3. The molecular weight excluding hydrogens is 350 g/mol. The van der Waals surface area contributed by atoms with Crippen LogP contribution < -0.4 is 10.9 Å². The third-order valence-corrected chi connectivity index (χ3v) is 3.57. The van der Waals surface area contributed by atoms with Crippen molar-refractivity contribution in [3.05, 3.63) is 57.8 Å². The van der Waals surface area contributed by atoms with Crippen molar-refractivity contribution in [2.45, 2.75) is 6.92 Å². The molecule has 0 spiro atoms. The average molecular weight is 364 g/mol. The minimum absolute atomic E-state index is 0.131. The molecule has 1 heterocycles. The molecule has 0 radical (unpaired) electrons. The number of hydrogen-bond donors (Lipinski definition) is 2. The largest absolute Gasteiger partial charge is 0.346 e. The van der Waals surface area contributed by atoms with Gasteiger partial charge in [0.15, 0.2) is 5.78 Å². The van der Waals surface area contributed by atoms with E-state index in [1.807, 2.05) is 0 Å². The highest BCUT2D eigenvalue weighted by atomic mass is 79.9. The number of carbonyl (C=O) groups excluding carboxylic acids is 3. The molecule has 0 atom stereocenters. The van der Waals surface area contributed by atoms with Crippen LogP contribution in [0.1, 0.15) is 38.1 Å². The van der Waals surface area contributed by atoms with Crippen LogP contribution in [0.5, 0.6) is 0 Å². The van der Waals surface area contributed by atoms with Gasteiger partial charge in [0, 0.05) is 28.8 Å². The van der Waals surface area contributed by atoms with Crippen molar-refractivity contribution in [3.63, 3.8) is 0 Å². The summed E-state index contributed by atoms with van der Waals surface area (Å²) in [5.74, 6) is -1.06. The van der Waals surface area contributed by atoms with Gasteiger partial charge in [-0.15, -0.1) is 0 Å². The van der Waals surface area contributed by atoms with Gasteiger partial charge in [-0.05, 0) is 37.3 Å². The maximum absolute atomic E-state index is 12.0. The van der Waals surface area contributed by atoms with Crippen molar-refractivity contribution >= 4 is 33.5 Å². The fourth-order valence-electron chi connectivity index (χ4n) is 1.83. The molecule has 6 nitrogen and oxygen atoms in total. The number of Topliss-reactive ketones (excluding diaryl/α,β-unsaturated/α-hetero) is 1. The van der Waals surface area contributed by atoms with E-state index in [0.29, 0.717) is 11.1 Å². The standard InChI is InChI=1S/C15H14BrN3O3/c1-9(20)11-7-13(19(2)8-11)15(22)18-17-14(21)10-3-5-12(16)6-4-10/h3-8H,1-2H3,(H,17,21)(H,18,22). The molecule has 1 aromatic heterocycles. The van der Waals surface area contributed by atoms with Crippen LogP contribution in [0.3, 0.4) is 0 Å². The van der Waals surface area contributed by atoms with Crippen molar-refractivity contribution in [1.29, 1.82) is 0 Å². The molecule has 7 heteroatoms. The molecule has 0 saturated heterocycles. The van der Waals surface area contributed by atoms with Crippen molar-refractivity contribution in [2.75, 3.05) is 0 Å². The zero-order chi connectivity index (χ0) is 16.3. The number of carbonyl (C=O) groups is 3. The molecule has 22 heavy (non-hydrogen) atoms. The highest BCUT2D eigenvalue weighted by Crippen LogP contribution is 2.10. The number of hydrazine groups is 1. The lowest BCUT2D eigenvalue weighted by Gasteiger charge is -2.08. The molecule has 114 valence electrons. The van der Waals surface area contributed by atoms with E-state index in [0.717, 1.165) is 4.47 Å². The number of benzene rings is 1. The van der Waals surface area contributed by atoms with Gasteiger partial charge in [-0.2, -0.15) is 0 Å². The Labute approximate surface area is 135 Å². The molecule has 1 aromatic carbocycles. The van der Waals surface area contributed by atoms with Crippen molar-refractivity contribution in [2.24, 2.45) is 7.05 Å². The van der Waals surface area contributed by atoms with E-state index in [9.17, 15) is 14.4 Å². The second-order valence-electron chi connectivity index (χ2n) is 4.70. The van der Waals surface area contributed by atoms with Crippen molar-refractivity contribution in [1.82, 2.24) is 15.4 Å². The fourth-order valence-corrected chi connectivity index (χ4v) is 2.10. The normalized spacial score (nSPS) is 10.1. The topological polar surface area (TPSA) is 80.2 Å². The first-order valence-electron chi connectivity index (χ1n) is 6.42. The average Bonchev–Trinajstić information content (AvgIpc) is 2.87. The Bertz CT molecular complexity index is 735. The minimum atomic E-state index is -0.500. The van der Waals surface area contributed by atoms with Gasteiger partial charge >= 0.3 is 0 Å². The Hall–Kier alpha value is -2.41. The number of aromatic nitrogens is 1. The summed E-state index contributed by atoms with van der Waals surface area (Å²) in [6.45, 7) is 1.42. The van der Waals surface area contributed by atoms with E-state index in [1.165, 1.54) is 17.6 Å². The minimum Gasteiger partial charge on any atom is -0.346 e. The number of nitrogens with zero attached hydrogens (tertiary/aromatic N) is 1. The van der Waals surface area contributed by atoms with Gasteiger partial charge in [-0.1, -0.05) is 15.9 Å². The van der Waals surface area contributed by atoms with Crippen LogP contribution in [0, 0.1) is 0 Å². The zero-order valence-electron chi connectivity index (χ0n) is 12.0. The summed E-state index contributed by atoms with van der Waals surface area (Å²) < 4.78 is 2.38. The Kier molecular flexibility index (Phi) is 4.77. The van der Waals surface area contributed by atoms with E-state index >= 15 is 0 Å². The van der Waals surface area contributed by atoms with Gasteiger partial charge in [0.25, 0.3) is 11.8 Å². The molecule has 0 bridgehead atoms. The number of rotatable bonds is 3. The number of aryl methyl sites for hydroxylation is 1. The quantitative estimate of drug-likeness (QED) is 0.646. The second kappa shape index (κ2) is 6.57. The lowest BCUT2D eigenvalue weighted by molar-refractivity contribution is 0.0842. The Balaban J connectivity index is 2.02. The van der Waals surface area contributed by atoms with E-state index in [-0.39, 0.29) is 11.5 Å². The molecule has 0 fully saturated rings. The molecule has 0 aliphatic rings. The lowest BCUT2D eigenvalue weighted by atomic mass is 10.2. The highest BCUT2D eigenvalue weighted by molar-refractivity contribution is 9.10. The number of ketones is 1. The summed E-state index contributed by atoms with van der Waals surface area (Å²) in [5.41, 5.74) is 5.79. The fraction of sp³-hybridized carbons (Fsp3) is 0.133. The van der Waals surface area contributed by atoms with Gasteiger partial charge in [-0.25, -0.2) is 0 Å². The molecule has 0 unspecified atom stereocenters. The molecule has 2 N–H and O–H groups in total. The maximum atomic E-state index is 12.0. The van der Waals surface area contributed by atoms with Crippen molar-refractivity contribution < 1.29 is 14.4 Å². The summed E-state index contributed by atoms with van der Waals surface area (Å²) >= 11 is 3.28. The molecule has 2 amide bonds. The number of amides is 2. The van der Waals surface area contributed by atoms with Crippen LogP contribution in [-0.4, -0.2) is 22.2 Å². The van der Waals surface area contributed by atoms with Crippen LogP contribution in [0.4, 0.5) is 0 Å². The second-order valence-corrected chi connectivity index (χ2v) is 5.61. The van der Waals surface area contributed by atoms with Crippen molar-refractivity contribution in [3.8, 4) is 0 Å². The van der Waals surface area contributed by atoms with Gasteiger partial charge < -0.3 is 4.57 Å². The summed E-state index contributed by atoms with van der Waals surface area (Å²) in [5, 5.41) is 0. The van der Waals surface area contributed by atoms with Crippen LogP contribution >= 0.6 is 15.9 Å². The molecule has 0 aliphatic carbocycles. The predicted molar refractivity (Wildman–Crippen MR) is 84.5 cm³/mol. The summed E-state index contributed by atoms with van der Waals surface area (Å²) in [6, 6.07) is 8.19. The SMILES string of the molecule is CC(=O)c1cc(C(=O)NNC(=O)c2ccc(Br)cc2)n(C)c1. The Morgan fingerprint density at radius 2 is 1.59 bits per heavy atom. The smallest absolute Gasteiger partial charge is 0.286 e. The highest BCUT2D eigenvalue weighted by Gasteiger charge is 2.14. The van der Waals surface area contributed by atoms with E-state index in [1.54, 1.807) is 37.5 Å². The van der Waals surface area contributed by atoms with Crippen LogP contribution in [-0.2, 0) is 7.05 Å². The molecule has 0 aliphatic heterocycles. The summed E-state index contributed by atoms with van der Waals surface area (Å²) in [4.78, 5) is 35.2. The Morgan fingerprint density at radius 3 is 2.14 bits per heavy atom. The van der Waals surface area contributed by atoms with Gasteiger partial charge in [0.05, 0.1) is 0 Å². The summed E-state index contributed by atoms with van der Waals surface area (Å²) in [7, 11) is 1.65. The first-order chi connectivity index (χ1) is 10.4. The molecule has 2 aromatic rings. The lowest BCUT2D eigenvalue weighted by Crippen LogP contribution is -2.42. The van der Waals surface area contributed by atoms with Crippen LogP contribution in [0.25, 0.3) is 0 Å². The zero-order valence-corrected chi connectivity index (χ0v) is 13.6. The third kappa shape index (κ3) is 3.62. The first kappa shape index (κ1) is 16.0.